The standard InChI is InChI=1S/C14H21N3O3/c1-9(2)14(13(18)19)5-6-17(7-14)11-10(3)12(20-4)16-8-15-11/h8-9H,5-7H2,1-4H3,(H,18,19). The Balaban J connectivity index is 2.32. The molecule has 6 nitrogen and oxygen atoms in total. The van der Waals surface area contributed by atoms with Gasteiger partial charge in [0.2, 0.25) is 5.88 Å². The lowest BCUT2D eigenvalue weighted by Gasteiger charge is -2.29. The molecule has 2 rings (SSSR count). The van der Waals surface area contributed by atoms with Crippen molar-refractivity contribution in [3.05, 3.63) is 11.9 Å². The topological polar surface area (TPSA) is 75.6 Å². The number of hydrogen-bond donors (Lipinski definition) is 1. The van der Waals surface area contributed by atoms with Gasteiger partial charge in [0.1, 0.15) is 12.1 Å². The monoisotopic (exact) mass is 279 g/mol. The van der Waals surface area contributed by atoms with E-state index < -0.39 is 11.4 Å². The maximum atomic E-state index is 11.7. The number of aromatic nitrogens is 2. The van der Waals surface area contributed by atoms with Crippen molar-refractivity contribution in [2.45, 2.75) is 27.2 Å². The molecular formula is C14H21N3O3. The average Bonchev–Trinajstić information content (AvgIpc) is 2.85. The summed E-state index contributed by atoms with van der Waals surface area (Å²) in [5, 5.41) is 9.58. The van der Waals surface area contributed by atoms with Gasteiger partial charge in [0, 0.05) is 13.1 Å². The first-order chi connectivity index (χ1) is 9.42. The van der Waals surface area contributed by atoms with Crippen molar-refractivity contribution in [3.8, 4) is 5.88 Å². The summed E-state index contributed by atoms with van der Waals surface area (Å²) in [6, 6.07) is 0. The Morgan fingerprint density at radius 1 is 1.50 bits per heavy atom. The normalized spacial score (nSPS) is 22.4. The maximum Gasteiger partial charge on any atom is 0.311 e. The fourth-order valence-corrected chi connectivity index (χ4v) is 2.86. The van der Waals surface area contributed by atoms with Crippen LogP contribution in [0.4, 0.5) is 5.82 Å². The Labute approximate surface area is 118 Å². The molecule has 1 N–H and O–H groups in total. The molecule has 0 saturated carbocycles. The van der Waals surface area contributed by atoms with Gasteiger partial charge in [-0.2, -0.15) is 0 Å². The van der Waals surface area contributed by atoms with Crippen LogP contribution in [-0.4, -0.2) is 41.2 Å². The van der Waals surface area contributed by atoms with Crippen LogP contribution >= 0.6 is 0 Å². The molecule has 0 bridgehead atoms. The molecule has 1 fully saturated rings. The third kappa shape index (κ3) is 2.19. The van der Waals surface area contributed by atoms with Gasteiger partial charge >= 0.3 is 5.97 Å². The van der Waals surface area contributed by atoms with E-state index in [9.17, 15) is 9.90 Å². The first-order valence-corrected chi connectivity index (χ1v) is 6.76. The van der Waals surface area contributed by atoms with Crippen molar-refractivity contribution >= 4 is 11.8 Å². The molecule has 0 spiro atoms. The molecule has 1 aromatic rings. The van der Waals surface area contributed by atoms with Gasteiger partial charge in [-0.3, -0.25) is 4.79 Å². The van der Waals surface area contributed by atoms with E-state index in [2.05, 4.69) is 9.97 Å². The third-order valence-corrected chi connectivity index (χ3v) is 4.34. The minimum Gasteiger partial charge on any atom is -0.481 e. The van der Waals surface area contributed by atoms with Crippen molar-refractivity contribution < 1.29 is 14.6 Å². The maximum absolute atomic E-state index is 11.7. The number of ether oxygens (including phenoxy) is 1. The molecule has 0 amide bonds. The highest BCUT2D eigenvalue weighted by Crippen LogP contribution is 2.40. The van der Waals surface area contributed by atoms with Gasteiger partial charge in [0.15, 0.2) is 0 Å². The van der Waals surface area contributed by atoms with Crippen LogP contribution in [0.2, 0.25) is 0 Å². The van der Waals surface area contributed by atoms with E-state index >= 15 is 0 Å². The lowest BCUT2D eigenvalue weighted by atomic mass is 9.76. The fraction of sp³-hybridized carbons (Fsp3) is 0.643. The second kappa shape index (κ2) is 5.26. The fourth-order valence-electron chi connectivity index (χ4n) is 2.86. The number of methoxy groups -OCH3 is 1. The molecule has 110 valence electrons. The summed E-state index contributed by atoms with van der Waals surface area (Å²) < 4.78 is 5.20. The lowest BCUT2D eigenvalue weighted by molar-refractivity contribution is -0.150. The van der Waals surface area contributed by atoms with Crippen LogP contribution in [0.3, 0.4) is 0 Å². The summed E-state index contributed by atoms with van der Waals surface area (Å²) in [7, 11) is 1.57. The van der Waals surface area contributed by atoms with Crippen LogP contribution in [0.25, 0.3) is 0 Å². The lowest BCUT2D eigenvalue weighted by Crippen LogP contribution is -2.39. The highest BCUT2D eigenvalue weighted by atomic mass is 16.5. The minimum absolute atomic E-state index is 0.0778. The second-order valence-corrected chi connectivity index (χ2v) is 5.62. The van der Waals surface area contributed by atoms with E-state index in [-0.39, 0.29) is 5.92 Å². The van der Waals surface area contributed by atoms with Crippen LogP contribution in [0.15, 0.2) is 6.33 Å². The van der Waals surface area contributed by atoms with Crippen LogP contribution < -0.4 is 9.64 Å². The summed E-state index contributed by atoms with van der Waals surface area (Å²) >= 11 is 0. The molecule has 20 heavy (non-hydrogen) atoms. The summed E-state index contributed by atoms with van der Waals surface area (Å²) in [5.74, 6) is 0.649. The number of hydrogen-bond acceptors (Lipinski definition) is 5. The highest BCUT2D eigenvalue weighted by Gasteiger charge is 2.47. The van der Waals surface area contributed by atoms with Crippen molar-refractivity contribution in [2.24, 2.45) is 11.3 Å². The third-order valence-electron chi connectivity index (χ3n) is 4.34. The first kappa shape index (κ1) is 14.6. The largest absolute Gasteiger partial charge is 0.481 e. The molecular weight excluding hydrogens is 258 g/mol. The van der Waals surface area contributed by atoms with Gasteiger partial charge in [-0.1, -0.05) is 13.8 Å². The van der Waals surface area contributed by atoms with Crippen LogP contribution in [-0.2, 0) is 4.79 Å². The molecule has 2 heterocycles. The second-order valence-electron chi connectivity index (χ2n) is 5.62. The van der Waals surface area contributed by atoms with Crippen molar-refractivity contribution in [1.82, 2.24) is 9.97 Å². The number of aliphatic carboxylic acids is 1. The van der Waals surface area contributed by atoms with Crippen molar-refractivity contribution in [3.63, 3.8) is 0 Å². The van der Waals surface area contributed by atoms with Crippen LogP contribution in [0, 0.1) is 18.3 Å². The summed E-state index contributed by atoms with van der Waals surface area (Å²) in [5.41, 5.74) is 0.143. The molecule has 1 saturated heterocycles. The smallest absolute Gasteiger partial charge is 0.311 e. The summed E-state index contributed by atoms with van der Waals surface area (Å²) in [4.78, 5) is 22.0. The van der Waals surface area contributed by atoms with Gasteiger partial charge < -0.3 is 14.7 Å². The molecule has 1 atom stereocenters. The zero-order valence-corrected chi connectivity index (χ0v) is 12.4. The van der Waals surface area contributed by atoms with E-state index in [0.717, 1.165) is 11.4 Å². The number of nitrogens with zero attached hydrogens (tertiary/aromatic N) is 3. The molecule has 1 aliphatic heterocycles. The SMILES string of the molecule is COc1ncnc(N2CCC(C(=O)O)(C(C)C)C2)c1C. The van der Waals surface area contributed by atoms with Gasteiger partial charge in [0.05, 0.1) is 18.1 Å². The number of rotatable bonds is 4. The Morgan fingerprint density at radius 3 is 2.70 bits per heavy atom. The zero-order chi connectivity index (χ0) is 14.9. The Morgan fingerprint density at radius 2 is 2.20 bits per heavy atom. The van der Waals surface area contributed by atoms with E-state index in [1.807, 2.05) is 25.7 Å². The Bertz CT molecular complexity index is 518. The molecule has 0 aromatic carbocycles. The van der Waals surface area contributed by atoms with E-state index in [0.29, 0.717) is 25.4 Å². The first-order valence-electron chi connectivity index (χ1n) is 6.76. The Kier molecular flexibility index (Phi) is 3.83. The van der Waals surface area contributed by atoms with Gasteiger partial charge in [0.25, 0.3) is 0 Å². The van der Waals surface area contributed by atoms with E-state index in [1.165, 1.54) is 6.33 Å². The van der Waals surface area contributed by atoms with Gasteiger partial charge in [-0.05, 0) is 19.3 Å². The Hall–Kier alpha value is -1.85. The highest BCUT2D eigenvalue weighted by molar-refractivity contribution is 5.77. The van der Waals surface area contributed by atoms with Crippen LogP contribution in [0.1, 0.15) is 25.8 Å². The minimum atomic E-state index is -0.728. The van der Waals surface area contributed by atoms with Gasteiger partial charge in [-0.15, -0.1) is 0 Å². The summed E-state index contributed by atoms with van der Waals surface area (Å²) in [6.45, 7) is 6.98. The number of carboxylic acids is 1. The molecule has 0 radical (unpaired) electrons. The average molecular weight is 279 g/mol. The zero-order valence-electron chi connectivity index (χ0n) is 12.4. The summed E-state index contributed by atoms with van der Waals surface area (Å²) in [6.07, 6.45) is 2.09. The van der Waals surface area contributed by atoms with E-state index in [1.54, 1.807) is 7.11 Å². The van der Waals surface area contributed by atoms with Crippen molar-refractivity contribution in [1.29, 1.82) is 0 Å². The predicted octanol–water partition coefficient (Wildman–Crippen LogP) is 1.73. The number of carboxylic acid groups (broad SMARTS) is 1. The van der Waals surface area contributed by atoms with Crippen molar-refractivity contribution in [2.75, 3.05) is 25.1 Å². The molecule has 1 aromatic heterocycles. The van der Waals surface area contributed by atoms with E-state index in [4.69, 9.17) is 4.74 Å². The quantitative estimate of drug-likeness (QED) is 0.904. The van der Waals surface area contributed by atoms with Gasteiger partial charge in [-0.25, -0.2) is 9.97 Å². The molecule has 0 aliphatic carbocycles. The number of carbonyl (C=O) groups is 1. The van der Waals surface area contributed by atoms with Crippen LogP contribution in [0.5, 0.6) is 5.88 Å². The number of anilines is 1. The molecule has 1 aliphatic rings. The molecule has 6 heteroatoms. The predicted molar refractivity (Wildman–Crippen MR) is 75.1 cm³/mol. The molecule has 1 unspecified atom stereocenters.